The zero-order valence-electron chi connectivity index (χ0n) is 12.9. The number of aromatic hydroxyl groups is 1. The minimum atomic E-state index is -0.461. The molecule has 0 aliphatic heterocycles. The predicted molar refractivity (Wildman–Crippen MR) is 96.1 cm³/mol. The number of carbonyl (C=O) groups is 2. The Bertz CT molecular complexity index is 790. The topological polar surface area (TPSA) is 90.8 Å². The molecule has 24 heavy (non-hydrogen) atoms. The third-order valence-electron chi connectivity index (χ3n) is 2.98. The highest BCUT2D eigenvalue weighted by Gasteiger charge is 2.07. The van der Waals surface area contributed by atoms with Gasteiger partial charge in [-0.05, 0) is 43.3 Å². The number of rotatable bonds is 5. The van der Waals surface area contributed by atoms with Crippen LogP contribution in [0, 0.1) is 0 Å². The summed E-state index contributed by atoms with van der Waals surface area (Å²) in [5.41, 5.74) is 3.76. The van der Waals surface area contributed by atoms with Gasteiger partial charge in [-0.2, -0.15) is 5.10 Å². The summed E-state index contributed by atoms with van der Waals surface area (Å²) < 4.78 is 0.865. The molecule has 7 heteroatoms. The molecule has 2 aromatic carbocycles. The molecule has 0 radical (unpaired) electrons. The van der Waals surface area contributed by atoms with Crippen LogP contribution in [-0.2, 0) is 4.79 Å². The number of phenols is 1. The average Bonchev–Trinajstić information content (AvgIpc) is 2.52. The van der Waals surface area contributed by atoms with E-state index < -0.39 is 5.91 Å². The minimum absolute atomic E-state index is 0.00301. The molecule has 0 aliphatic rings. The molecule has 3 N–H and O–H groups in total. The highest BCUT2D eigenvalue weighted by atomic mass is 79.9. The van der Waals surface area contributed by atoms with Crippen molar-refractivity contribution in [2.45, 2.75) is 13.3 Å². The van der Waals surface area contributed by atoms with Crippen molar-refractivity contribution in [1.29, 1.82) is 0 Å². The molecule has 124 valence electrons. The summed E-state index contributed by atoms with van der Waals surface area (Å²) in [6.45, 7) is 1.64. The Morgan fingerprint density at radius 1 is 1.17 bits per heavy atom. The van der Waals surface area contributed by atoms with E-state index in [1.54, 1.807) is 31.2 Å². The molecule has 0 saturated heterocycles. The van der Waals surface area contributed by atoms with Crippen LogP contribution in [0.3, 0.4) is 0 Å². The number of nitrogens with zero attached hydrogens (tertiary/aromatic N) is 1. The van der Waals surface area contributed by atoms with Crippen LogP contribution in [0.1, 0.15) is 23.7 Å². The first-order valence-corrected chi connectivity index (χ1v) is 7.91. The van der Waals surface area contributed by atoms with Gasteiger partial charge >= 0.3 is 0 Å². The highest BCUT2D eigenvalue weighted by Crippen LogP contribution is 2.15. The van der Waals surface area contributed by atoms with Crippen molar-refractivity contribution < 1.29 is 14.7 Å². The van der Waals surface area contributed by atoms with Crippen molar-refractivity contribution in [2.75, 3.05) is 5.32 Å². The number of nitrogens with one attached hydrogen (secondary N) is 2. The van der Waals surface area contributed by atoms with Crippen LogP contribution in [0.4, 0.5) is 5.69 Å². The quantitative estimate of drug-likeness (QED) is 0.541. The Morgan fingerprint density at radius 3 is 2.62 bits per heavy atom. The number of anilines is 1. The van der Waals surface area contributed by atoms with Crippen molar-refractivity contribution >= 4 is 39.1 Å². The zero-order valence-corrected chi connectivity index (χ0v) is 14.5. The van der Waals surface area contributed by atoms with E-state index in [4.69, 9.17) is 0 Å². The number of benzene rings is 2. The third-order valence-corrected chi connectivity index (χ3v) is 3.47. The van der Waals surface area contributed by atoms with Crippen LogP contribution in [0.2, 0.25) is 0 Å². The standard InChI is InChI=1S/C17H16BrN3O3/c1-11(8-16(23)19-14-6-3-5-13(18)10-14)20-21-17(24)12-4-2-7-15(22)9-12/h2-7,9-10,22H,8H2,1H3,(H,19,23)(H,21,24). The second-order valence-electron chi connectivity index (χ2n) is 5.07. The average molecular weight is 390 g/mol. The summed E-state index contributed by atoms with van der Waals surface area (Å²) in [6, 6.07) is 13.2. The lowest BCUT2D eigenvalue weighted by Gasteiger charge is -2.06. The Labute approximate surface area is 147 Å². The Hall–Kier alpha value is -2.67. The Kier molecular flexibility index (Phi) is 6.08. The maximum absolute atomic E-state index is 11.9. The summed E-state index contributed by atoms with van der Waals surface area (Å²) in [5, 5.41) is 16.0. The number of amides is 2. The lowest BCUT2D eigenvalue weighted by molar-refractivity contribution is -0.115. The lowest BCUT2D eigenvalue weighted by Crippen LogP contribution is -2.21. The molecule has 0 unspecified atom stereocenters. The van der Waals surface area contributed by atoms with E-state index >= 15 is 0 Å². The van der Waals surface area contributed by atoms with Crippen LogP contribution in [0.15, 0.2) is 58.1 Å². The van der Waals surface area contributed by atoms with Gasteiger partial charge in [-0.15, -0.1) is 0 Å². The predicted octanol–water partition coefficient (Wildman–Crippen LogP) is 3.29. The molecule has 0 aromatic heterocycles. The number of phenolic OH excluding ortho intramolecular Hbond substituents is 1. The van der Waals surface area contributed by atoms with E-state index in [0.29, 0.717) is 11.4 Å². The summed E-state index contributed by atoms with van der Waals surface area (Å²) in [5.74, 6) is -0.699. The molecule has 0 spiro atoms. The molecule has 0 aliphatic carbocycles. The molecule has 2 amide bonds. The van der Waals surface area contributed by atoms with Gasteiger partial charge in [-0.25, -0.2) is 5.43 Å². The van der Waals surface area contributed by atoms with Crippen LogP contribution in [0.5, 0.6) is 5.75 Å². The van der Waals surface area contributed by atoms with Crippen molar-refractivity contribution in [3.05, 3.63) is 58.6 Å². The van der Waals surface area contributed by atoms with E-state index in [1.807, 2.05) is 12.1 Å². The number of hydrazone groups is 1. The van der Waals surface area contributed by atoms with E-state index in [-0.39, 0.29) is 23.6 Å². The minimum Gasteiger partial charge on any atom is -0.508 e. The smallest absolute Gasteiger partial charge is 0.271 e. The fraction of sp³-hybridized carbons (Fsp3) is 0.118. The third kappa shape index (κ3) is 5.51. The van der Waals surface area contributed by atoms with Crippen LogP contribution < -0.4 is 10.7 Å². The molecule has 0 saturated carbocycles. The van der Waals surface area contributed by atoms with Gasteiger partial charge in [0.05, 0.1) is 6.42 Å². The van der Waals surface area contributed by atoms with Gasteiger partial charge in [-0.1, -0.05) is 28.1 Å². The molecular formula is C17H16BrN3O3. The number of carbonyl (C=O) groups excluding carboxylic acids is 2. The molecule has 0 fully saturated rings. The number of halogens is 1. The van der Waals surface area contributed by atoms with Crippen LogP contribution in [-0.4, -0.2) is 22.6 Å². The largest absolute Gasteiger partial charge is 0.508 e. The van der Waals surface area contributed by atoms with Gasteiger partial charge in [0.15, 0.2) is 0 Å². The molecule has 0 heterocycles. The maximum Gasteiger partial charge on any atom is 0.271 e. The SMILES string of the molecule is CC(CC(=O)Nc1cccc(Br)c1)=NNC(=O)c1cccc(O)c1. The fourth-order valence-electron chi connectivity index (χ4n) is 1.90. The number of hydrogen-bond acceptors (Lipinski definition) is 4. The summed E-state index contributed by atoms with van der Waals surface area (Å²) >= 11 is 3.33. The fourth-order valence-corrected chi connectivity index (χ4v) is 2.30. The van der Waals surface area contributed by atoms with E-state index in [1.165, 1.54) is 12.1 Å². The molecule has 2 aromatic rings. The first kappa shape index (κ1) is 17.7. The van der Waals surface area contributed by atoms with Crippen molar-refractivity contribution in [2.24, 2.45) is 5.10 Å². The molecule has 0 atom stereocenters. The maximum atomic E-state index is 11.9. The molecular weight excluding hydrogens is 374 g/mol. The highest BCUT2D eigenvalue weighted by molar-refractivity contribution is 9.10. The second kappa shape index (κ2) is 8.26. The molecule has 6 nitrogen and oxygen atoms in total. The summed E-state index contributed by atoms with van der Waals surface area (Å²) in [6.07, 6.45) is 0.0484. The van der Waals surface area contributed by atoms with Crippen molar-refractivity contribution in [3.63, 3.8) is 0 Å². The Morgan fingerprint density at radius 2 is 1.92 bits per heavy atom. The van der Waals surface area contributed by atoms with Gasteiger partial charge in [0.2, 0.25) is 5.91 Å². The van der Waals surface area contributed by atoms with Gasteiger partial charge in [0.25, 0.3) is 5.91 Å². The summed E-state index contributed by atoms with van der Waals surface area (Å²) in [4.78, 5) is 23.8. The Balaban J connectivity index is 1.89. The van der Waals surface area contributed by atoms with E-state index in [0.717, 1.165) is 4.47 Å². The molecule has 0 bridgehead atoms. The van der Waals surface area contributed by atoms with Gasteiger partial charge in [0.1, 0.15) is 5.75 Å². The van der Waals surface area contributed by atoms with Gasteiger partial charge in [-0.3, -0.25) is 9.59 Å². The first-order valence-electron chi connectivity index (χ1n) is 7.12. The van der Waals surface area contributed by atoms with Crippen molar-refractivity contribution in [3.8, 4) is 5.75 Å². The second-order valence-corrected chi connectivity index (χ2v) is 5.99. The van der Waals surface area contributed by atoms with Crippen LogP contribution in [0.25, 0.3) is 0 Å². The first-order chi connectivity index (χ1) is 11.4. The van der Waals surface area contributed by atoms with Crippen LogP contribution >= 0.6 is 15.9 Å². The zero-order chi connectivity index (χ0) is 17.5. The monoisotopic (exact) mass is 389 g/mol. The normalized spacial score (nSPS) is 11.0. The van der Waals surface area contributed by atoms with Crippen molar-refractivity contribution in [1.82, 2.24) is 5.43 Å². The van der Waals surface area contributed by atoms with E-state index in [2.05, 4.69) is 31.8 Å². The van der Waals surface area contributed by atoms with E-state index in [9.17, 15) is 14.7 Å². The van der Waals surface area contributed by atoms with Gasteiger partial charge < -0.3 is 10.4 Å². The van der Waals surface area contributed by atoms with Gasteiger partial charge in [0, 0.05) is 21.4 Å². The number of hydrogen-bond donors (Lipinski definition) is 3. The lowest BCUT2D eigenvalue weighted by atomic mass is 10.2. The molecule has 2 rings (SSSR count). The summed E-state index contributed by atoms with van der Waals surface area (Å²) in [7, 11) is 0.